The molecule has 186 valence electrons. The highest BCUT2D eigenvalue weighted by Crippen LogP contribution is 2.19. The fourth-order valence-corrected chi connectivity index (χ4v) is 4.65. The summed E-state index contributed by atoms with van der Waals surface area (Å²) in [5.74, 6) is 0.878. The molecule has 0 amide bonds. The van der Waals surface area contributed by atoms with Crippen molar-refractivity contribution in [3.63, 3.8) is 0 Å². The van der Waals surface area contributed by atoms with Crippen LogP contribution in [0.2, 0.25) is 0 Å². The molecule has 4 nitrogen and oxygen atoms in total. The van der Waals surface area contributed by atoms with Gasteiger partial charge in [-0.3, -0.25) is 0 Å². The number of benzene rings is 2. The van der Waals surface area contributed by atoms with Gasteiger partial charge in [0.2, 0.25) is 0 Å². The average molecular weight is 477 g/mol. The van der Waals surface area contributed by atoms with Gasteiger partial charge in [-0.05, 0) is 37.1 Å². The van der Waals surface area contributed by atoms with E-state index in [1.165, 1.54) is 64.2 Å². The zero-order valence-corrected chi connectivity index (χ0v) is 21.5. The second-order valence-electron chi connectivity index (χ2n) is 8.69. The van der Waals surface area contributed by atoms with Gasteiger partial charge < -0.3 is 9.29 Å². The summed E-state index contributed by atoms with van der Waals surface area (Å²) in [6.45, 7) is 4.11. The van der Waals surface area contributed by atoms with Crippen molar-refractivity contribution in [3.8, 4) is 11.5 Å². The standard InChI is InChI=1S/C22H38O3S.C6H6O/c1-3-4-5-6-7-8-9-10-11-12-13-14-17-20-26(23,24)25-22-19-16-15-18-21(22)2;7-6-4-2-1-3-5-6/h15-16,18-19H,3-14,17,20H2,1-2H3;1-5,7H. The first-order chi connectivity index (χ1) is 15.9. The molecule has 0 radical (unpaired) electrons. The van der Waals surface area contributed by atoms with Crippen molar-refractivity contribution in [2.45, 2.75) is 97.3 Å². The van der Waals surface area contributed by atoms with Gasteiger partial charge in [0.15, 0.2) is 0 Å². The lowest BCUT2D eigenvalue weighted by Gasteiger charge is -2.09. The van der Waals surface area contributed by atoms with Crippen molar-refractivity contribution < 1.29 is 17.7 Å². The molecule has 0 atom stereocenters. The highest BCUT2D eigenvalue weighted by molar-refractivity contribution is 7.87. The van der Waals surface area contributed by atoms with E-state index in [1.807, 2.05) is 25.1 Å². The van der Waals surface area contributed by atoms with Crippen LogP contribution in [-0.4, -0.2) is 19.3 Å². The molecule has 2 rings (SSSR count). The number of unbranched alkanes of at least 4 members (excludes halogenated alkanes) is 12. The van der Waals surface area contributed by atoms with Gasteiger partial charge in [0.05, 0.1) is 5.75 Å². The number of phenols is 1. The summed E-state index contributed by atoms with van der Waals surface area (Å²) in [7, 11) is -3.47. The smallest absolute Gasteiger partial charge is 0.309 e. The molecule has 0 aliphatic heterocycles. The van der Waals surface area contributed by atoms with Crippen LogP contribution < -0.4 is 4.18 Å². The number of aryl methyl sites for hydroxylation is 1. The molecular weight excluding hydrogens is 432 g/mol. The van der Waals surface area contributed by atoms with Crippen LogP contribution >= 0.6 is 0 Å². The van der Waals surface area contributed by atoms with Crippen LogP contribution in [0.1, 0.15) is 96.0 Å². The maximum atomic E-state index is 12.0. The summed E-state index contributed by atoms with van der Waals surface area (Å²) in [6, 6.07) is 15.9. The largest absolute Gasteiger partial charge is 0.508 e. The van der Waals surface area contributed by atoms with Crippen molar-refractivity contribution >= 4 is 10.1 Å². The summed E-state index contributed by atoms with van der Waals surface area (Å²) in [5, 5.41) is 8.63. The van der Waals surface area contributed by atoms with Crippen molar-refractivity contribution in [2.24, 2.45) is 0 Å². The minimum Gasteiger partial charge on any atom is -0.508 e. The Bertz CT molecular complexity index is 819. The maximum absolute atomic E-state index is 12.0. The fraction of sp³-hybridized carbons (Fsp3) is 0.571. The molecule has 33 heavy (non-hydrogen) atoms. The lowest BCUT2D eigenvalue weighted by molar-refractivity contribution is 0.475. The molecule has 0 aliphatic rings. The summed E-state index contributed by atoms with van der Waals surface area (Å²) in [5.41, 5.74) is 0.849. The monoisotopic (exact) mass is 476 g/mol. The van der Waals surface area contributed by atoms with Crippen molar-refractivity contribution in [2.75, 3.05) is 5.75 Å². The number of phenolic OH excluding ortho intramolecular Hbond substituents is 1. The van der Waals surface area contributed by atoms with E-state index in [1.54, 1.807) is 36.4 Å². The highest BCUT2D eigenvalue weighted by Gasteiger charge is 2.13. The molecule has 0 aromatic heterocycles. The van der Waals surface area contributed by atoms with Gasteiger partial charge >= 0.3 is 10.1 Å². The van der Waals surface area contributed by atoms with E-state index >= 15 is 0 Å². The number of hydrogen-bond donors (Lipinski definition) is 1. The second kappa shape index (κ2) is 18.4. The van der Waals surface area contributed by atoms with Gasteiger partial charge in [-0.1, -0.05) is 120 Å². The fourth-order valence-electron chi connectivity index (χ4n) is 3.55. The van der Waals surface area contributed by atoms with Gasteiger partial charge in [-0.25, -0.2) is 0 Å². The first kappa shape index (κ1) is 29.0. The molecule has 2 aromatic carbocycles. The molecule has 5 heteroatoms. The van der Waals surface area contributed by atoms with Crippen molar-refractivity contribution in [3.05, 3.63) is 60.2 Å². The molecule has 0 bridgehead atoms. The Morgan fingerprint density at radius 1 is 0.667 bits per heavy atom. The van der Waals surface area contributed by atoms with Crippen LogP contribution in [0, 0.1) is 6.92 Å². The first-order valence-corrected chi connectivity index (χ1v) is 14.2. The molecule has 0 unspecified atom stereocenters. The SMILES string of the molecule is CCCCCCCCCCCCCCCS(=O)(=O)Oc1ccccc1C.Oc1ccccc1. The zero-order chi connectivity index (χ0) is 24.2. The summed E-state index contributed by atoms with van der Waals surface area (Å²) in [6.07, 6.45) is 16.2. The molecular formula is C28H44O4S. The molecule has 0 fully saturated rings. The Labute approximate surface area is 202 Å². The van der Waals surface area contributed by atoms with E-state index in [2.05, 4.69) is 6.92 Å². The van der Waals surface area contributed by atoms with Crippen LogP contribution in [0.15, 0.2) is 54.6 Å². The van der Waals surface area contributed by atoms with Gasteiger partial charge in [0.25, 0.3) is 0 Å². The Morgan fingerprint density at radius 2 is 1.12 bits per heavy atom. The van der Waals surface area contributed by atoms with E-state index in [9.17, 15) is 8.42 Å². The number of para-hydroxylation sites is 2. The summed E-state index contributed by atoms with van der Waals surface area (Å²) < 4.78 is 29.3. The molecule has 2 aromatic rings. The normalized spacial score (nSPS) is 11.0. The van der Waals surface area contributed by atoms with E-state index in [4.69, 9.17) is 9.29 Å². The topological polar surface area (TPSA) is 63.6 Å². The van der Waals surface area contributed by atoms with Crippen LogP contribution in [0.25, 0.3) is 0 Å². The third-order valence-electron chi connectivity index (χ3n) is 5.56. The van der Waals surface area contributed by atoms with Crippen molar-refractivity contribution in [1.29, 1.82) is 0 Å². The van der Waals surface area contributed by atoms with Gasteiger partial charge in [0, 0.05) is 0 Å². The highest BCUT2D eigenvalue weighted by atomic mass is 32.2. The van der Waals surface area contributed by atoms with Crippen LogP contribution in [0.5, 0.6) is 11.5 Å². The lowest BCUT2D eigenvalue weighted by Crippen LogP contribution is -2.14. The van der Waals surface area contributed by atoms with E-state index in [0.717, 1.165) is 18.4 Å². The van der Waals surface area contributed by atoms with Crippen LogP contribution in [-0.2, 0) is 10.1 Å². The zero-order valence-electron chi connectivity index (χ0n) is 20.7. The Morgan fingerprint density at radius 3 is 1.58 bits per heavy atom. The molecule has 0 aliphatic carbocycles. The van der Waals surface area contributed by atoms with E-state index in [-0.39, 0.29) is 5.75 Å². The predicted octanol–water partition coefficient (Wildman–Crippen LogP) is 8.19. The maximum Gasteiger partial charge on any atom is 0.309 e. The van der Waals surface area contributed by atoms with Crippen LogP contribution in [0.4, 0.5) is 0 Å². The number of hydrogen-bond acceptors (Lipinski definition) is 4. The second-order valence-corrected chi connectivity index (χ2v) is 10.4. The number of aromatic hydroxyl groups is 1. The summed E-state index contributed by atoms with van der Waals surface area (Å²) >= 11 is 0. The predicted molar refractivity (Wildman–Crippen MR) is 139 cm³/mol. The molecule has 0 saturated heterocycles. The lowest BCUT2D eigenvalue weighted by atomic mass is 10.1. The van der Waals surface area contributed by atoms with Gasteiger partial charge in [0.1, 0.15) is 11.5 Å². The minimum atomic E-state index is -3.47. The quantitative estimate of drug-likeness (QED) is 0.196. The molecule has 1 N–H and O–H groups in total. The minimum absolute atomic E-state index is 0.110. The Hall–Kier alpha value is -2.01. The molecule has 0 saturated carbocycles. The van der Waals surface area contributed by atoms with E-state index in [0.29, 0.717) is 17.9 Å². The first-order valence-electron chi connectivity index (χ1n) is 12.7. The Kier molecular flexibility index (Phi) is 16.2. The van der Waals surface area contributed by atoms with E-state index < -0.39 is 10.1 Å². The third kappa shape index (κ3) is 16.3. The van der Waals surface area contributed by atoms with Crippen molar-refractivity contribution in [1.82, 2.24) is 0 Å². The average Bonchev–Trinajstić information content (AvgIpc) is 2.79. The molecule has 0 heterocycles. The Balaban J connectivity index is 0.000000657. The number of rotatable bonds is 16. The van der Waals surface area contributed by atoms with Gasteiger partial charge in [-0.15, -0.1) is 0 Å². The van der Waals surface area contributed by atoms with Gasteiger partial charge in [-0.2, -0.15) is 8.42 Å². The summed E-state index contributed by atoms with van der Waals surface area (Å²) in [4.78, 5) is 0. The molecule has 0 spiro atoms. The van der Waals surface area contributed by atoms with Crippen LogP contribution in [0.3, 0.4) is 0 Å². The third-order valence-corrected chi connectivity index (χ3v) is 6.79.